The number of nitrogens with zero attached hydrogens (tertiary/aromatic N) is 4. The van der Waals surface area contributed by atoms with Crippen LogP contribution in [0.4, 0.5) is 0 Å². The fourth-order valence-electron chi connectivity index (χ4n) is 3.73. The Hall–Kier alpha value is -2.32. The Bertz CT molecular complexity index is 761. The van der Waals surface area contributed by atoms with Gasteiger partial charge in [-0.25, -0.2) is 0 Å². The third-order valence-electron chi connectivity index (χ3n) is 5.33. The number of amides is 1. The summed E-state index contributed by atoms with van der Waals surface area (Å²) in [6.45, 7) is 3.40. The molecule has 0 N–H and O–H groups in total. The lowest BCUT2D eigenvalue weighted by molar-refractivity contribution is 0.00251. The highest BCUT2D eigenvalue weighted by atomic mass is 16.5. The smallest absolute Gasteiger partial charge is 0.254 e. The lowest BCUT2D eigenvalue weighted by atomic mass is 10.0. The number of hydrogen-bond donors (Lipinski definition) is 0. The van der Waals surface area contributed by atoms with Gasteiger partial charge in [-0.3, -0.25) is 9.78 Å². The third kappa shape index (κ3) is 4.74. The van der Waals surface area contributed by atoms with Gasteiger partial charge in [0.1, 0.15) is 0 Å². The van der Waals surface area contributed by atoms with Crippen molar-refractivity contribution in [1.82, 2.24) is 20.0 Å². The fourth-order valence-corrected chi connectivity index (χ4v) is 3.73. The fraction of sp³-hybridized carbons (Fsp3) is 0.600. The summed E-state index contributed by atoms with van der Waals surface area (Å²) in [6.07, 6.45) is 7.71. The molecule has 8 heteroatoms. The zero-order valence-electron chi connectivity index (χ0n) is 16.0. The molecule has 1 unspecified atom stereocenters. The van der Waals surface area contributed by atoms with E-state index in [-0.39, 0.29) is 12.0 Å². The summed E-state index contributed by atoms with van der Waals surface area (Å²) in [4.78, 5) is 22.9. The lowest BCUT2D eigenvalue weighted by Crippen LogP contribution is -2.43. The first-order valence-electron chi connectivity index (χ1n) is 10.0. The molecule has 4 rings (SSSR count). The molecule has 2 saturated heterocycles. The van der Waals surface area contributed by atoms with Gasteiger partial charge in [-0.2, -0.15) is 4.98 Å². The second-order valence-corrected chi connectivity index (χ2v) is 7.31. The average molecular weight is 386 g/mol. The Morgan fingerprint density at radius 1 is 1.21 bits per heavy atom. The van der Waals surface area contributed by atoms with Crippen LogP contribution in [0.2, 0.25) is 0 Å². The summed E-state index contributed by atoms with van der Waals surface area (Å²) in [5, 5.41) is 4.08. The van der Waals surface area contributed by atoms with Crippen molar-refractivity contribution in [2.24, 2.45) is 0 Å². The Labute approximate surface area is 164 Å². The summed E-state index contributed by atoms with van der Waals surface area (Å²) < 4.78 is 16.8. The summed E-state index contributed by atoms with van der Waals surface area (Å²) in [5.41, 5.74) is 0.670. The van der Waals surface area contributed by atoms with Crippen LogP contribution in [0.1, 0.15) is 53.7 Å². The number of pyridine rings is 1. The molecule has 2 aromatic rings. The maximum absolute atomic E-state index is 12.6. The van der Waals surface area contributed by atoms with Gasteiger partial charge in [0.05, 0.1) is 12.7 Å². The highest BCUT2D eigenvalue weighted by molar-refractivity contribution is 5.94. The summed E-state index contributed by atoms with van der Waals surface area (Å²) in [5.74, 6) is 1.74. The van der Waals surface area contributed by atoms with E-state index in [1.54, 1.807) is 24.5 Å². The zero-order chi connectivity index (χ0) is 19.2. The molecule has 2 fully saturated rings. The maximum Gasteiger partial charge on any atom is 0.254 e. The van der Waals surface area contributed by atoms with E-state index in [0.717, 1.165) is 45.4 Å². The van der Waals surface area contributed by atoms with Crippen LogP contribution in [0.5, 0.6) is 0 Å². The SMILES string of the molecule is O=C(c1ccncc1)N1CCCC(OCCc2noc(C3CCOCC3)n2)C1. The van der Waals surface area contributed by atoms with Crippen molar-refractivity contribution in [1.29, 1.82) is 0 Å². The molecule has 8 nitrogen and oxygen atoms in total. The Morgan fingerprint density at radius 3 is 2.86 bits per heavy atom. The van der Waals surface area contributed by atoms with Crippen molar-refractivity contribution in [2.45, 2.75) is 44.1 Å². The topological polar surface area (TPSA) is 90.6 Å². The molecule has 2 aromatic heterocycles. The predicted octanol–water partition coefficient (Wildman–Crippen LogP) is 2.22. The predicted molar refractivity (Wildman–Crippen MR) is 99.9 cm³/mol. The number of carbonyl (C=O) groups is 1. The summed E-state index contributed by atoms with van der Waals surface area (Å²) in [7, 11) is 0. The monoisotopic (exact) mass is 386 g/mol. The van der Waals surface area contributed by atoms with E-state index in [1.807, 2.05) is 4.90 Å². The van der Waals surface area contributed by atoms with Crippen LogP contribution in [0.15, 0.2) is 29.0 Å². The standard InChI is InChI=1S/C20H26N4O4/c25-20(16-3-8-21-9-4-16)24-10-1-2-17(14-24)27-13-7-18-22-19(28-23-18)15-5-11-26-12-6-15/h3-4,8-9,15,17H,1-2,5-7,10-14H2. The Kier molecular flexibility index (Phi) is 6.28. The Morgan fingerprint density at radius 2 is 2.04 bits per heavy atom. The van der Waals surface area contributed by atoms with Gasteiger partial charge in [0.2, 0.25) is 5.89 Å². The van der Waals surface area contributed by atoms with Gasteiger partial charge in [0.15, 0.2) is 5.82 Å². The molecule has 28 heavy (non-hydrogen) atoms. The molecule has 2 aliphatic heterocycles. The van der Waals surface area contributed by atoms with Gasteiger partial charge in [0, 0.05) is 56.6 Å². The third-order valence-corrected chi connectivity index (χ3v) is 5.33. The van der Waals surface area contributed by atoms with Gasteiger partial charge in [-0.1, -0.05) is 5.16 Å². The highest BCUT2D eigenvalue weighted by Crippen LogP contribution is 2.25. The van der Waals surface area contributed by atoms with E-state index >= 15 is 0 Å². The molecule has 150 valence electrons. The van der Waals surface area contributed by atoms with Gasteiger partial charge in [-0.15, -0.1) is 0 Å². The second-order valence-electron chi connectivity index (χ2n) is 7.31. The van der Waals surface area contributed by atoms with Crippen LogP contribution >= 0.6 is 0 Å². The van der Waals surface area contributed by atoms with Gasteiger partial charge in [0.25, 0.3) is 5.91 Å². The van der Waals surface area contributed by atoms with Gasteiger partial charge < -0.3 is 18.9 Å². The molecule has 0 bridgehead atoms. The number of rotatable bonds is 6. The van der Waals surface area contributed by atoms with E-state index in [1.165, 1.54) is 0 Å². The number of likely N-dealkylation sites (tertiary alicyclic amines) is 1. The van der Waals surface area contributed by atoms with Crippen molar-refractivity contribution < 1.29 is 18.8 Å². The van der Waals surface area contributed by atoms with Crippen molar-refractivity contribution in [3.05, 3.63) is 41.8 Å². The van der Waals surface area contributed by atoms with Crippen LogP contribution in [-0.2, 0) is 15.9 Å². The van der Waals surface area contributed by atoms with E-state index in [9.17, 15) is 4.79 Å². The van der Waals surface area contributed by atoms with Crippen LogP contribution in [0.3, 0.4) is 0 Å². The molecule has 0 aromatic carbocycles. The van der Waals surface area contributed by atoms with Crippen molar-refractivity contribution in [3.63, 3.8) is 0 Å². The van der Waals surface area contributed by atoms with E-state index in [0.29, 0.717) is 42.8 Å². The first kappa shape index (κ1) is 19.0. The maximum atomic E-state index is 12.6. The number of carbonyl (C=O) groups excluding carboxylic acids is 1. The molecule has 0 aliphatic carbocycles. The van der Waals surface area contributed by atoms with E-state index in [2.05, 4.69) is 15.1 Å². The first-order chi connectivity index (χ1) is 13.8. The molecular weight excluding hydrogens is 360 g/mol. The second kappa shape index (κ2) is 9.25. The molecule has 4 heterocycles. The molecule has 0 spiro atoms. The molecule has 1 amide bonds. The lowest BCUT2D eigenvalue weighted by Gasteiger charge is -2.32. The molecule has 0 radical (unpaired) electrons. The van der Waals surface area contributed by atoms with E-state index in [4.69, 9.17) is 14.0 Å². The van der Waals surface area contributed by atoms with Gasteiger partial charge in [-0.05, 0) is 37.8 Å². The minimum absolute atomic E-state index is 0.0370. The molecular formula is C20H26N4O4. The quantitative estimate of drug-likeness (QED) is 0.752. The number of aromatic nitrogens is 3. The molecule has 0 saturated carbocycles. The number of hydrogen-bond acceptors (Lipinski definition) is 7. The number of piperidine rings is 1. The largest absolute Gasteiger partial charge is 0.381 e. The van der Waals surface area contributed by atoms with Crippen LogP contribution < -0.4 is 0 Å². The van der Waals surface area contributed by atoms with Crippen LogP contribution in [-0.4, -0.2) is 64.9 Å². The minimum atomic E-state index is 0.0370. The summed E-state index contributed by atoms with van der Waals surface area (Å²) in [6, 6.07) is 3.50. The van der Waals surface area contributed by atoms with E-state index < -0.39 is 0 Å². The highest BCUT2D eigenvalue weighted by Gasteiger charge is 2.25. The normalized spacial score (nSPS) is 21.0. The van der Waals surface area contributed by atoms with Crippen molar-refractivity contribution in [3.8, 4) is 0 Å². The molecule has 1 atom stereocenters. The van der Waals surface area contributed by atoms with Gasteiger partial charge >= 0.3 is 0 Å². The zero-order valence-corrected chi connectivity index (χ0v) is 16.0. The van der Waals surface area contributed by atoms with Crippen molar-refractivity contribution >= 4 is 5.91 Å². The Balaban J connectivity index is 1.24. The first-order valence-corrected chi connectivity index (χ1v) is 10.0. The van der Waals surface area contributed by atoms with Crippen molar-refractivity contribution in [2.75, 3.05) is 32.9 Å². The number of ether oxygens (including phenoxy) is 2. The van der Waals surface area contributed by atoms with Crippen LogP contribution in [0, 0.1) is 0 Å². The minimum Gasteiger partial charge on any atom is -0.381 e. The average Bonchev–Trinajstić information content (AvgIpc) is 3.24. The summed E-state index contributed by atoms with van der Waals surface area (Å²) >= 11 is 0. The molecule has 2 aliphatic rings. The van der Waals surface area contributed by atoms with Crippen LogP contribution in [0.25, 0.3) is 0 Å².